The summed E-state index contributed by atoms with van der Waals surface area (Å²) in [5, 5.41) is 2.03. The predicted octanol–water partition coefficient (Wildman–Crippen LogP) is 2.22. The highest BCUT2D eigenvalue weighted by Crippen LogP contribution is 2.20. The van der Waals surface area contributed by atoms with Gasteiger partial charge in [0.2, 0.25) is 5.78 Å². The Hall–Kier alpha value is -4.14. The van der Waals surface area contributed by atoms with Gasteiger partial charge in [-0.05, 0) is 30.2 Å². The molecule has 3 aromatic heterocycles. The molecular formula is C24H23N5O4. The summed E-state index contributed by atoms with van der Waals surface area (Å²) >= 11 is 0. The Balaban J connectivity index is 1.71. The molecule has 0 aliphatic rings. The maximum absolute atomic E-state index is 13.6. The second-order valence-electron chi connectivity index (χ2n) is 7.99. The SMILES string of the molecule is CCOC(=O)Cn1c(C)cn2c3c(=O)n(Cc4cccc5ccccc45)c(=O)n(C)c3nc12. The summed E-state index contributed by atoms with van der Waals surface area (Å²) in [5.74, 6) is 0.0126. The van der Waals surface area contributed by atoms with Crippen LogP contribution < -0.4 is 11.2 Å². The Morgan fingerprint density at radius 3 is 2.61 bits per heavy atom. The van der Waals surface area contributed by atoms with Crippen molar-refractivity contribution in [2.75, 3.05) is 6.61 Å². The van der Waals surface area contributed by atoms with Crippen LogP contribution in [0.1, 0.15) is 18.2 Å². The van der Waals surface area contributed by atoms with Gasteiger partial charge in [0.15, 0.2) is 11.2 Å². The number of aromatic nitrogens is 5. The second-order valence-corrected chi connectivity index (χ2v) is 7.99. The van der Waals surface area contributed by atoms with Crippen molar-refractivity contribution in [3.8, 4) is 0 Å². The van der Waals surface area contributed by atoms with Crippen molar-refractivity contribution < 1.29 is 9.53 Å². The van der Waals surface area contributed by atoms with Crippen molar-refractivity contribution in [2.45, 2.75) is 26.9 Å². The van der Waals surface area contributed by atoms with E-state index in [9.17, 15) is 14.4 Å². The second kappa shape index (κ2) is 7.77. The first-order valence-electron chi connectivity index (χ1n) is 10.7. The van der Waals surface area contributed by atoms with E-state index in [1.54, 1.807) is 29.1 Å². The Kier molecular flexibility index (Phi) is 4.88. The van der Waals surface area contributed by atoms with E-state index in [2.05, 4.69) is 4.98 Å². The average molecular weight is 445 g/mol. The smallest absolute Gasteiger partial charge is 0.332 e. The Bertz CT molecular complexity index is 1660. The monoisotopic (exact) mass is 445 g/mol. The first-order valence-corrected chi connectivity index (χ1v) is 10.7. The van der Waals surface area contributed by atoms with E-state index >= 15 is 0 Å². The first kappa shape index (κ1) is 20.7. The molecule has 3 heterocycles. The third-order valence-corrected chi connectivity index (χ3v) is 5.94. The standard InChI is InChI=1S/C24H23N5O4/c1-4-33-19(30)14-27-15(2)12-28-20-21(25-23(27)28)26(3)24(32)29(22(20)31)13-17-10-7-9-16-8-5-6-11-18(16)17/h5-12H,4,13-14H2,1-3H3. The Labute approximate surface area is 188 Å². The van der Waals surface area contributed by atoms with E-state index in [0.29, 0.717) is 5.78 Å². The van der Waals surface area contributed by atoms with E-state index < -0.39 is 17.2 Å². The van der Waals surface area contributed by atoms with E-state index in [1.165, 1.54) is 9.13 Å². The average Bonchev–Trinajstić information content (AvgIpc) is 3.31. The molecule has 0 atom stereocenters. The number of carbonyl (C=O) groups excluding carboxylic acids is 1. The van der Waals surface area contributed by atoms with Crippen molar-refractivity contribution in [1.82, 2.24) is 23.1 Å². The minimum Gasteiger partial charge on any atom is -0.465 e. The van der Waals surface area contributed by atoms with Gasteiger partial charge in [-0.3, -0.25) is 23.1 Å². The molecule has 33 heavy (non-hydrogen) atoms. The molecule has 0 fully saturated rings. The molecule has 168 valence electrons. The summed E-state index contributed by atoms with van der Waals surface area (Å²) in [6.07, 6.45) is 1.75. The van der Waals surface area contributed by atoms with Gasteiger partial charge < -0.3 is 9.30 Å². The van der Waals surface area contributed by atoms with Crippen LogP contribution in [0.5, 0.6) is 0 Å². The molecule has 0 aliphatic carbocycles. The van der Waals surface area contributed by atoms with Crippen LogP contribution >= 0.6 is 0 Å². The van der Waals surface area contributed by atoms with Gasteiger partial charge in [-0.1, -0.05) is 42.5 Å². The van der Waals surface area contributed by atoms with Crippen LogP contribution in [0.15, 0.2) is 58.3 Å². The fourth-order valence-electron chi connectivity index (χ4n) is 4.33. The third-order valence-electron chi connectivity index (χ3n) is 5.94. The number of hydrogen-bond donors (Lipinski definition) is 0. The predicted molar refractivity (Wildman–Crippen MR) is 125 cm³/mol. The minimum absolute atomic E-state index is 0.0301. The molecule has 2 aromatic carbocycles. The normalized spacial score (nSPS) is 11.6. The molecule has 9 nitrogen and oxygen atoms in total. The number of fused-ring (bicyclic) bond motifs is 4. The van der Waals surface area contributed by atoms with Crippen LogP contribution in [0.4, 0.5) is 0 Å². The third kappa shape index (κ3) is 3.24. The number of ether oxygens (including phenoxy) is 1. The molecule has 0 saturated carbocycles. The molecule has 5 aromatic rings. The molecule has 9 heteroatoms. The van der Waals surface area contributed by atoms with Crippen molar-refractivity contribution in [3.05, 3.63) is 80.8 Å². The Morgan fingerprint density at radius 2 is 1.82 bits per heavy atom. The molecule has 0 amide bonds. The zero-order chi connectivity index (χ0) is 23.3. The number of nitrogens with zero attached hydrogens (tertiary/aromatic N) is 5. The van der Waals surface area contributed by atoms with Gasteiger partial charge in [0.1, 0.15) is 6.54 Å². The van der Waals surface area contributed by atoms with E-state index in [1.807, 2.05) is 49.4 Å². The number of benzene rings is 2. The number of aryl methyl sites for hydroxylation is 2. The largest absolute Gasteiger partial charge is 0.465 e. The van der Waals surface area contributed by atoms with E-state index in [0.717, 1.165) is 22.0 Å². The lowest BCUT2D eigenvalue weighted by molar-refractivity contribution is -0.143. The van der Waals surface area contributed by atoms with E-state index in [-0.39, 0.29) is 30.9 Å². The minimum atomic E-state index is -0.449. The molecule has 0 radical (unpaired) electrons. The van der Waals surface area contributed by atoms with Gasteiger partial charge in [-0.25, -0.2) is 4.79 Å². The fraction of sp³-hybridized carbons (Fsp3) is 0.250. The number of carbonyl (C=O) groups is 1. The maximum Gasteiger partial charge on any atom is 0.332 e. The van der Waals surface area contributed by atoms with Gasteiger partial charge in [0.05, 0.1) is 13.2 Å². The molecule has 0 bridgehead atoms. The molecule has 5 rings (SSSR count). The highest BCUT2D eigenvalue weighted by Gasteiger charge is 2.21. The van der Waals surface area contributed by atoms with Crippen LogP contribution in [-0.2, 0) is 29.7 Å². The van der Waals surface area contributed by atoms with Crippen molar-refractivity contribution in [2.24, 2.45) is 7.05 Å². The molecule has 0 spiro atoms. The topological polar surface area (TPSA) is 92.5 Å². The van der Waals surface area contributed by atoms with Crippen molar-refractivity contribution in [1.29, 1.82) is 0 Å². The number of hydrogen-bond acceptors (Lipinski definition) is 5. The number of esters is 1. The summed E-state index contributed by atoms with van der Waals surface area (Å²) in [5.41, 5.74) is 1.31. The lowest BCUT2D eigenvalue weighted by Crippen LogP contribution is -2.39. The zero-order valence-electron chi connectivity index (χ0n) is 18.6. The quantitative estimate of drug-likeness (QED) is 0.387. The van der Waals surface area contributed by atoms with Gasteiger partial charge in [0, 0.05) is 18.9 Å². The van der Waals surface area contributed by atoms with Gasteiger partial charge in [-0.2, -0.15) is 4.98 Å². The lowest BCUT2D eigenvalue weighted by Gasteiger charge is -2.10. The molecular weight excluding hydrogens is 422 g/mol. The first-order chi connectivity index (χ1) is 15.9. The summed E-state index contributed by atoms with van der Waals surface area (Å²) in [4.78, 5) is 43.3. The van der Waals surface area contributed by atoms with Crippen LogP contribution in [0.3, 0.4) is 0 Å². The zero-order valence-corrected chi connectivity index (χ0v) is 18.6. The molecule has 0 unspecified atom stereocenters. The molecule has 0 saturated heterocycles. The summed E-state index contributed by atoms with van der Waals surface area (Å²) in [6.45, 7) is 3.96. The van der Waals surface area contributed by atoms with Crippen LogP contribution in [0, 0.1) is 6.92 Å². The van der Waals surface area contributed by atoms with Gasteiger partial charge in [-0.15, -0.1) is 0 Å². The fourth-order valence-corrected chi connectivity index (χ4v) is 4.33. The number of rotatable bonds is 5. The van der Waals surface area contributed by atoms with Crippen LogP contribution in [0.2, 0.25) is 0 Å². The summed E-state index contributed by atoms with van der Waals surface area (Å²) in [6, 6.07) is 13.7. The number of imidazole rings is 2. The molecule has 0 N–H and O–H groups in total. The summed E-state index contributed by atoms with van der Waals surface area (Å²) < 4.78 is 11.0. The summed E-state index contributed by atoms with van der Waals surface area (Å²) in [7, 11) is 1.60. The van der Waals surface area contributed by atoms with Crippen molar-refractivity contribution in [3.63, 3.8) is 0 Å². The highest BCUT2D eigenvalue weighted by molar-refractivity contribution is 5.85. The lowest BCUT2D eigenvalue weighted by atomic mass is 10.0. The van der Waals surface area contributed by atoms with Gasteiger partial charge >= 0.3 is 11.7 Å². The van der Waals surface area contributed by atoms with Crippen LogP contribution in [-0.4, -0.2) is 35.7 Å². The Morgan fingerprint density at radius 1 is 1.06 bits per heavy atom. The highest BCUT2D eigenvalue weighted by atomic mass is 16.5. The van der Waals surface area contributed by atoms with Gasteiger partial charge in [0.25, 0.3) is 5.56 Å². The van der Waals surface area contributed by atoms with Crippen LogP contribution in [0.25, 0.3) is 27.7 Å². The maximum atomic E-state index is 13.6. The molecule has 0 aliphatic heterocycles. The van der Waals surface area contributed by atoms with E-state index in [4.69, 9.17) is 4.74 Å². The van der Waals surface area contributed by atoms with Crippen molar-refractivity contribution >= 4 is 33.7 Å².